The number of hydrazine groups is 1. The average molecular weight is 277 g/mol. The predicted molar refractivity (Wildman–Crippen MR) is 73.7 cm³/mol. The van der Waals surface area contributed by atoms with Crippen LogP contribution < -0.4 is 11.3 Å². The number of rotatable bonds is 5. The SMILES string of the molecule is Cc1occc1CN(C)Cc1cc(C(=O)NN)oc1C. The minimum Gasteiger partial charge on any atom is -0.469 e. The van der Waals surface area contributed by atoms with Gasteiger partial charge in [0.15, 0.2) is 5.76 Å². The van der Waals surface area contributed by atoms with E-state index in [0.717, 1.165) is 29.2 Å². The molecule has 0 saturated heterocycles. The van der Waals surface area contributed by atoms with E-state index in [-0.39, 0.29) is 5.76 Å². The maximum atomic E-state index is 11.4. The number of nitrogens with two attached hydrogens (primary N) is 1. The zero-order valence-electron chi connectivity index (χ0n) is 11.9. The van der Waals surface area contributed by atoms with Crippen molar-refractivity contribution >= 4 is 5.91 Å². The first-order valence-corrected chi connectivity index (χ1v) is 6.33. The maximum Gasteiger partial charge on any atom is 0.300 e. The van der Waals surface area contributed by atoms with Crippen LogP contribution in [0.5, 0.6) is 0 Å². The third-order valence-corrected chi connectivity index (χ3v) is 3.22. The molecule has 2 aromatic rings. The molecule has 0 aliphatic heterocycles. The Kier molecular flexibility index (Phi) is 4.26. The third kappa shape index (κ3) is 3.09. The van der Waals surface area contributed by atoms with Gasteiger partial charge in [-0.3, -0.25) is 15.1 Å². The van der Waals surface area contributed by atoms with Crippen molar-refractivity contribution in [2.45, 2.75) is 26.9 Å². The lowest BCUT2D eigenvalue weighted by Gasteiger charge is -2.15. The average Bonchev–Trinajstić information content (AvgIpc) is 2.96. The van der Waals surface area contributed by atoms with E-state index in [4.69, 9.17) is 14.7 Å². The van der Waals surface area contributed by atoms with Gasteiger partial charge >= 0.3 is 5.91 Å². The number of carbonyl (C=O) groups is 1. The summed E-state index contributed by atoms with van der Waals surface area (Å²) in [5.41, 5.74) is 4.17. The summed E-state index contributed by atoms with van der Waals surface area (Å²) in [5.74, 6) is 6.54. The van der Waals surface area contributed by atoms with Gasteiger partial charge < -0.3 is 8.83 Å². The van der Waals surface area contributed by atoms with Gasteiger partial charge in [-0.1, -0.05) is 0 Å². The van der Waals surface area contributed by atoms with Gasteiger partial charge in [-0.2, -0.15) is 0 Å². The smallest absolute Gasteiger partial charge is 0.300 e. The fourth-order valence-corrected chi connectivity index (χ4v) is 2.07. The Morgan fingerprint density at radius 3 is 2.60 bits per heavy atom. The molecule has 0 atom stereocenters. The van der Waals surface area contributed by atoms with Gasteiger partial charge in [-0.05, 0) is 33.0 Å². The van der Waals surface area contributed by atoms with E-state index in [9.17, 15) is 4.79 Å². The molecule has 6 heteroatoms. The lowest BCUT2D eigenvalue weighted by molar-refractivity contribution is 0.0924. The minimum atomic E-state index is -0.423. The van der Waals surface area contributed by atoms with Gasteiger partial charge in [0.25, 0.3) is 0 Å². The normalized spacial score (nSPS) is 11.1. The summed E-state index contributed by atoms with van der Waals surface area (Å²) in [6.45, 7) is 5.22. The second-order valence-corrected chi connectivity index (χ2v) is 4.84. The number of nitrogen functional groups attached to an aromatic ring is 1. The first-order valence-electron chi connectivity index (χ1n) is 6.33. The summed E-state index contributed by atoms with van der Waals surface area (Å²) in [5, 5.41) is 0. The standard InChI is InChI=1S/C14H19N3O3/c1-9-11(4-5-19-9)7-17(3)8-12-6-13(14(18)16-15)20-10(12)2/h4-6H,7-8,15H2,1-3H3,(H,16,18). The summed E-state index contributed by atoms with van der Waals surface area (Å²) in [6.07, 6.45) is 1.69. The highest BCUT2D eigenvalue weighted by molar-refractivity contribution is 5.91. The predicted octanol–water partition coefficient (Wildman–Crippen LogP) is 1.72. The van der Waals surface area contributed by atoms with Gasteiger partial charge in [0.05, 0.1) is 6.26 Å². The Morgan fingerprint density at radius 2 is 2.00 bits per heavy atom. The van der Waals surface area contributed by atoms with Crippen LogP contribution in [-0.4, -0.2) is 17.9 Å². The topological polar surface area (TPSA) is 84.6 Å². The van der Waals surface area contributed by atoms with Crippen LogP contribution in [0.2, 0.25) is 0 Å². The molecular weight excluding hydrogens is 258 g/mol. The Balaban J connectivity index is 2.04. The van der Waals surface area contributed by atoms with Gasteiger partial charge in [-0.25, -0.2) is 5.84 Å². The minimum absolute atomic E-state index is 0.230. The van der Waals surface area contributed by atoms with Crippen LogP contribution in [0.1, 0.15) is 33.2 Å². The molecule has 2 aromatic heterocycles. The van der Waals surface area contributed by atoms with Gasteiger partial charge in [-0.15, -0.1) is 0 Å². The Morgan fingerprint density at radius 1 is 1.30 bits per heavy atom. The van der Waals surface area contributed by atoms with Crippen LogP contribution in [0.4, 0.5) is 0 Å². The number of nitrogens with one attached hydrogen (secondary N) is 1. The molecule has 0 spiro atoms. The Hall–Kier alpha value is -2.05. The molecule has 0 saturated carbocycles. The molecule has 1 amide bonds. The maximum absolute atomic E-state index is 11.4. The molecule has 20 heavy (non-hydrogen) atoms. The number of hydrogen-bond donors (Lipinski definition) is 2. The fourth-order valence-electron chi connectivity index (χ4n) is 2.07. The van der Waals surface area contributed by atoms with E-state index >= 15 is 0 Å². The van der Waals surface area contributed by atoms with E-state index in [2.05, 4.69) is 10.3 Å². The van der Waals surface area contributed by atoms with Crippen LogP contribution in [-0.2, 0) is 13.1 Å². The lowest BCUT2D eigenvalue weighted by Crippen LogP contribution is -2.29. The van der Waals surface area contributed by atoms with E-state index in [1.807, 2.05) is 27.0 Å². The summed E-state index contributed by atoms with van der Waals surface area (Å²) in [6, 6.07) is 3.68. The van der Waals surface area contributed by atoms with Crippen LogP contribution in [0.3, 0.4) is 0 Å². The molecular formula is C14H19N3O3. The molecule has 0 aliphatic carbocycles. The van der Waals surface area contributed by atoms with E-state index in [0.29, 0.717) is 6.54 Å². The molecule has 0 aliphatic rings. The Bertz CT molecular complexity index is 601. The van der Waals surface area contributed by atoms with Crippen molar-refractivity contribution < 1.29 is 13.6 Å². The second kappa shape index (κ2) is 5.94. The summed E-state index contributed by atoms with van der Waals surface area (Å²) in [4.78, 5) is 13.5. The van der Waals surface area contributed by atoms with Gasteiger partial charge in [0, 0.05) is 24.2 Å². The van der Waals surface area contributed by atoms with Crippen LogP contribution in [0.15, 0.2) is 27.2 Å². The zero-order chi connectivity index (χ0) is 14.7. The molecule has 0 radical (unpaired) electrons. The molecule has 0 unspecified atom stereocenters. The van der Waals surface area contributed by atoms with Gasteiger partial charge in [0.1, 0.15) is 11.5 Å². The van der Waals surface area contributed by atoms with Crippen molar-refractivity contribution in [3.8, 4) is 0 Å². The molecule has 0 aromatic carbocycles. The zero-order valence-corrected chi connectivity index (χ0v) is 11.9. The third-order valence-electron chi connectivity index (χ3n) is 3.22. The molecule has 0 bridgehead atoms. The molecule has 3 N–H and O–H groups in total. The second-order valence-electron chi connectivity index (χ2n) is 4.84. The molecule has 2 heterocycles. The van der Waals surface area contributed by atoms with Crippen molar-refractivity contribution in [2.75, 3.05) is 7.05 Å². The molecule has 108 valence electrons. The van der Waals surface area contributed by atoms with Crippen molar-refractivity contribution in [2.24, 2.45) is 5.84 Å². The highest BCUT2D eigenvalue weighted by atomic mass is 16.4. The molecule has 6 nitrogen and oxygen atoms in total. The van der Waals surface area contributed by atoms with Crippen LogP contribution in [0, 0.1) is 13.8 Å². The quantitative estimate of drug-likeness (QED) is 0.494. The number of nitrogens with zero attached hydrogens (tertiary/aromatic N) is 1. The van der Waals surface area contributed by atoms with Crippen molar-refractivity contribution in [3.63, 3.8) is 0 Å². The van der Waals surface area contributed by atoms with E-state index in [1.165, 1.54) is 0 Å². The highest BCUT2D eigenvalue weighted by Gasteiger charge is 2.15. The molecule has 0 fully saturated rings. The monoisotopic (exact) mass is 277 g/mol. The van der Waals surface area contributed by atoms with Crippen molar-refractivity contribution in [1.29, 1.82) is 0 Å². The number of hydrogen-bond acceptors (Lipinski definition) is 5. The first-order chi connectivity index (χ1) is 9.51. The fraction of sp³-hybridized carbons (Fsp3) is 0.357. The first kappa shape index (κ1) is 14.4. The highest BCUT2D eigenvalue weighted by Crippen LogP contribution is 2.18. The summed E-state index contributed by atoms with van der Waals surface area (Å²) < 4.78 is 10.7. The molecule has 2 rings (SSSR count). The number of aryl methyl sites for hydroxylation is 2. The van der Waals surface area contributed by atoms with Gasteiger partial charge in [0.2, 0.25) is 0 Å². The Labute approximate surface area is 117 Å². The van der Waals surface area contributed by atoms with E-state index < -0.39 is 5.91 Å². The lowest BCUT2D eigenvalue weighted by atomic mass is 10.2. The van der Waals surface area contributed by atoms with Crippen molar-refractivity contribution in [1.82, 2.24) is 10.3 Å². The number of amides is 1. The summed E-state index contributed by atoms with van der Waals surface area (Å²) in [7, 11) is 2.00. The van der Waals surface area contributed by atoms with Crippen LogP contribution in [0.25, 0.3) is 0 Å². The number of carbonyl (C=O) groups excluding carboxylic acids is 1. The summed E-state index contributed by atoms with van der Waals surface area (Å²) >= 11 is 0. The van der Waals surface area contributed by atoms with E-state index in [1.54, 1.807) is 12.3 Å². The largest absolute Gasteiger partial charge is 0.469 e. The van der Waals surface area contributed by atoms with Crippen LogP contribution >= 0.6 is 0 Å². The number of furan rings is 2. The van der Waals surface area contributed by atoms with Crippen molar-refractivity contribution in [3.05, 3.63) is 46.8 Å².